The Morgan fingerprint density at radius 3 is 2.57 bits per heavy atom. The molecule has 1 aliphatic carbocycles. The number of urea groups is 1. The number of aliphatic hydroxyl groups is 1. The largest absolute Gasteiger partial charge is 0.391 e. The van der Waals surface area contributed by atoms with Crippen LogP contribution in [0.1, 0.15) is 43.2 Å². The monoisotopic (exact) mass is 622 g/mol. The zero-order chi connectivity index (χ0) is 31.9. The molecule has 1 saturated heterocycles. The van der Waals surface area contributed by atoms with E-state index in [1.807, 2.05) is 55.7 Å². The first-order valence-corrected chi connectivity index (χ1v) is 15.6. The van der Waals surface area contributed by atoms with Gasteiger partial charge in [-0.05, 0) is 49.8 Å². The Labute approximate surface area is 267 Å². The number of benzene rings is 1. The van der Waals surface area contributed by atoms with Gasteiger partial charge in [-0.15, -0.1) is 0 Å². The summed E-state index contributed by atoms with van der Waals surface area (Å²) in [5.41, 5.74) is 3.20. The van der Waals surface area contributed by atoms with Crippen molar-refractivity contribution in [3.8, 4) is 17.2 Å². The number of carbonyl (C=O) groups is 1. The number of anilines is 3. The molecule has 6 rings (SSSR count). The number of aromatic nitrogens is 5. The molecule has 4 aromatic rings. The van der Waals surface area contributed by atoms with Gasteiger partial charge in [0.25, 0.3) is 0 Å². The van der Waals surface area contributed by atoms with Crippen LogP contribution in [0.25, 0.3) is 11.1 Å². The topological polar surface area (TPSA) is 166 Å². The zero-order valence-corrected chi connectivity index (χ0v) is 25.7. The number of rotatable bonds is 9. The highest BCUT2D eigenvalue weighted by molar-refractivity contribution is 5.91. The maximum absolute atomic E-state index is 13.7. The van der Waals surface area contributed by atoms with Gasteiger partial charge in [-0.25, -0.2) is 14.8 Å². The van der Waals surface area contributed by atoms with E-state index in [2.05, 4.69) is 37.1 Å². The standard InChI is InChI=1S/C33H38N10O3/c1-42-20-25(19-38-42)23-7-12-30(35-17-23)43(33(45)37-16-22-5-3-2-4-6-22)27-10-8-26(9-11-27)39-32-36-18-24(15-34)31(41-32)40-28-21-46-14-13-29(28)44/h2-7,12,17-20,26-29,44H,8-11,13-14,16,21H2,1H3,(H,37,45)(H2,36,39,40,41). The SMILES string of the molecule is Cn1cc(-c2ccc(N(C(=O)NCc3ccccc3)C3CCC(Nc4ncc(C#N)c(NC5COCCC5O)n4)CC3)nc2)cn1. The number of ether oxygens (including phenoxy) is 1. The van der Waals surface area contributed by atoms with Crippen molar-refractivity contribution in [1.82, 2.24) is 30.0 Å². The van der Waals surface area contributed by atoms with Crippen molar-refractivity contribution < 1.29 is 14.6 Å². The van der Waals surface area contributed by atoms with E-state index < -0.39 is 6.10 Å². The minimum absolute atomic E-state index is 0.0579. The molecule has 46 heavy (non-hydrogen) atoms. The lowest BCUT2D eigenvalue weighted by Gasteiger charge is -2.36. The third-order valence-electron chi connectivity index (χ3n) is 8.48. The third kappa shape index (κ3) is 7.42. The van der Waals surface area contributed by atoms with Gasteiger partial charge in [0.15, 0.2) is 0 Å². The van der Waals surface area contributed by atoms with Crippen LogP contribution in [-0.2, 0) is 18.3 Å². The molecule has 1 aromatic carbocycles. The summed E-state index contributed by atoms with van der Waals surface area (Å²) in [5.74, 6) is 1.36. The van der Waals surface area contributed by atoms with Crippen LogP contribution in [0.2, 0.25) is 0 Å². The summed E-state index contributed by atoms with van der Waals surface area (Å²) in [6.07, 6.45) is 9.97. The lowest BCUT2D eigenvalue weighted by Crippen LogP contribution is -2.49. The predicted molar refractivity (Wildman–Crippen MR) is 173 cm³/mol. The highest BCUT2D eigenvalue weighted by atomic mass is 16.5. The van der Waals surface area contributed by atoms with E-state index in [0.29, 0.717) is 49.3 Å². The number of nitrogens with zero attached hydrogens (tertiary/aromatic N) is 7. The van der Waals surface area contributed by atoms with Gasteiger partial charge in [0.1, 0.15) is 23.3 Å². The third-order valence-corrected chi connectivity index (χ3v) is 8.48. The molecule has 2 atom stereocenters. The van der Waals surface area contributed by atoms with Crippen molar-refractivity contribution in [2.75, 3.05) is 28.7 Å². The van der Waals surface area contributed by atoms with Crippen LogP contribution in [0.15, 0.2) is 67.3 Å². The van der Waals surface area contributed by atoms with Gasteiger partial charge >= 0.3 is 6.03 Å². The highest BCUT2D eigenvalue weighted by Gasteiger charge is 2.31. The maximum Gasteiger partial charge on any atom is 0.323 e. The van der Waals surface area contributed by atoms with Crippen molar-refractivity contribution in [2.24, 2.45) is 7.05 Å². The summed E-state index contributed by atoms with van der Waals surface area (Å²) in [6.45, 7) is 1.25. The number of nitriles is 1. The zero-order valence-electron chi connectivity index (χ0n) is 25.7. The van der Waals surface area contributed by atoms with Crippen LogP contribution in [0, 0.1) is 11.3 Å². The van der Waals surface area contributed by atoms with Gasteiger partial charge in [-0.3, -0.25) is 9.58 Å². The first kappa shape index (κ1) is 30.9. The van der Waals surface area contributed by atoms with Gasteiger partial charge in [-0.2, -0.15) is 15.3 Å². The molecule has 238 valence electrons. The summed E-state index contributed by atoms with van der Waals surface area (Å²) >= 11 is 0. The van der Waals surface area contributed by atoms with Crippen LogP contribution >= 0.6 is 0 Å². The molecule has 0 radical (unpaired) electrons. The molecule has 2 fully saturated rings. The fourth-order valence-corrected chi connectivity index (χ4v) is 5.93. The van der Waals surface area contributed by atoms with Gasteiger partial charge < -0.3 is 25.8 Å². The average Bonchev–Trinajstić information content (AvgIpc) is 3.53. The Balaban J connectivity index is 1.13. The van der Waals surface area contributed by atoms with E-state index in [-0.39, 0.29) is 24.2 Å². The van der Waals surface area contributed by atoms with Crippen LogP contribution in [-0.4, -0.2) is 73.3 Å². The molecule has 13 heteroatoms. The molecule has 1 saturated carbocycles. The summed E-state index contributed by atoms with van der Waals surface area (Å²) in [5, 5.41) is 33.9. The Hall–Kier alpha value is -5.06. The lowest BCUT2D eigenvalue weighted by molar-refractivity contribution is 0.00304. The minimum atomic E-state index is -0.587. The van der Waals surface area contributed by atoms with E-state index in [0.717, 1.165) is 42.4 Å². The summed E-state index contributed by atoms with van der Waals surface area (Å²) in [4.78, 5) is 29.1. The average molecular weight is 623 g/mol. The summed E-state index contributed by atoms with van der Waals surface area (Å²) in [7, 11) is 1.87. The van der Waals surface area contributed by atoms with Crippen molar-refractivity contribution in [1.29, 1.82) is 5.26 Å². The fraction of sp³-hybridized carbons (Fsp3) is 0.394. The lowest BCUT2D eigenvalue weighted by atomic mass is 9.90. The van der Waals surface area contributed by atoms with Crippen molar-refractivity contribution in [2.45, 2.75) is 62.9 Å². The first-order valence-electron chi connectivity index (χ1n) is 15.6. The van der Waals surface area contributed by atoms with Crippen LogP contribution in [0.5, 0.6) is 0 Å². The summed E-state index contributed by atoms with van der Waals surface area (Å²) in [6, 6.07) is 15.3. The van der Waals surface area contributed by atoms with E-state index in [4.69, 9.17) is 9.72 Å². The molecule has 0 bridgehead atoms. The highest BCUT2D eigenvalue weighted by Crippen LogP contribution is 2.30. The Morgan fingerprint density at radius 1 is 1.04 bits per heavy atom. The number of hydrogen-bond donors (Lipinski definition) is 4. The fourth-order valence-electron chi connectivity index (χ4n) is 5.93. The van der Waals surface area contributed by atoms with Crippen LogP contribution in [0.4, 0.5) is 22.4 Å². The number of aryl methyl sites for hydroxylation is 1. The second-order valence-corrected chi connectivity index (χ2v) is 11.7. The maximum atomic E-state index is 13.7. The second kappa shape index (κ2) is 14.4. The second-order valence-electron chi connectivity index (χ2n) is 11.7. The van der Waals surface area contributed by atoms with Crippen molar-refractivity contribution in [3.63, 3.8) is 0 Å². The first-order chi connectivity index (χ1) is 22.5. The quantitative estimate of drug-likeness (QED) is 0.215. The van der Waals surface area contributed by atoms with Gasteiger partial charge in [0.2, 0.25) is 5.95 Å². The Morgan fingerprint density at radius 2 is 1.87 bits per heavy atom. The normalized spacial score (nSPS) is 21.2. The molecule has 0 spiro atoms. The molecule has 1 aliphatic heterocycles. The molecular formula is C33H38N10O3. The minimum Gasteiger partial charge on any atom is -0.391 e. The molecule has 2 amide bonds. The molecule has 4 N–H and O–H groups in total. The molecule has 4 heterocycles. The number of hydrogen-bond acceptors (Lipinski definition) is 10. The number of carbonyl (C=O) groups excluding carboxylic acids is 1. The number of aliphatic hydroxyl groups excluding tert-OH is 1. The number of nitrogens with one attached hydrogen (secondary N) is 3. The molecule has 3 aromatic heterocycles. The van der Waals surface area contributed by atoms with Gasteiger partial charge in [0.05, 0.1) is 31.1 Å². The predicted octanol–water partition coefficient (Wildman–Crippen LogP) is 3.84. The van der Waals surface area contributed by atoms with E-state index in [1.165, 1.54) is 6.20 Å². The number of amides is 2. The van der Waals surface area contributed by atoms with Gasteiger partial charge in [0, 0.05) is 55.8 Å². The summed E-state index contributed by atoms with van der Waals surface area (Å²) < 4.78 is 7.23. The molecule has 2 unspecified atom stereocenters. The molecular weight excluding hydrogens is 584 g/mol. The van der Waals surface area contributed by atoms with Crippen LogP contribution < -0.4 is 20.9 Å². The number of pyridine rings is 1. The van der Waals surface area contributed by atoms with E-state index >= 15 is 0 Å². The Bertz CT molecular complexity index is 1650. The smallest absolute Gasteiger partial charge is 0.323 e. The van der Waals surface area contributed by atoms with Crippen LogP contribution in [0.3, 0.4) is 0 Å². The van der Waals surface area contributed by atoms with Gasteiger partial charge in [-0.1, -0.05) is 30.3 Å². The van der Waals surface area contributed by atoms with Crippen molar-refractivity contribution >= 4 is 23.6 Å². The van der Waals surface area contributed by atoms with Crippen molar-refractivity contribution in [3.05, 3.63) is 78.4 Å². The Kier molecular flexibility index (Phi) is 9.66. The van der Waals surface area contributed by atoms with E-state index in [1.54, 1.807) is 22.0 Å². The molecule has 2 aliphatic rings. The molecule has 13 nitrogen and oxygen atoms in total. The van der Waals surface area contributed by atoms with E-state index in [9.17, 15) is 15.2 Å².